The minimum atomic E-state index is -3.13. The molecule has 0 aliphatic heterocycles. The van der Waals surface area contributed by atoms with E-state index in [-0.39, 0.29) is 5.60 Å². The Balaban J connectivity index is 0.000000796. The van der Waals surface area contributed by atoms with Crippen LogP contribution in [0.15, 0.2) is 18.2 Å². The van der Waals surface area contributed by atoms with Gasteiger partial charge in [0.15, 0.2) is 0 Å². The van der Waals surface area contributed by atoms with Crippen LogP contribution < -0.4 is 10.5 Å². The van der Waals surface area contributed by atoms with Gasteiger partial charge in [0.25, 0.3) is 0 Å². The van der Waals surface area contributed by atoms with Crippen LogP contribution in [0.2, 0.25) is 0 Å². The molecule has 0 spiro atoms. The van der Waals surface area contributed by atoms with Gasteiger partial charge in [0.1, 0.15) is 5.75 Å². The average Bonchev–Trinajstić information content (AvgIpc) is 2.40. The summed E-state index contributed by atoms with van der Waals surface area (Å²) in [5, 5.41) is 0. The fourth-order valence-electron chi connectivity index (χ4n) is 2.07. The third-order valence-electron chi connectivity index (χ3n) is 3.22. The summed E-state index contributed by atoms with van der Waals surface area (Å²) < 4.78 is 19.6. The van der Waals surface area contributed by atoms with Crippen molar-refractivity contribution < 1.29 is 23.8 Å². The molecule has 1 aromatic carbocycles. The molecule has 0 saturated carbocycles. The van der Waals surface area contributed by atoms with Crippen molar-refractivity contribution in [3.63, 3.8) is 0 Å². The smallest absolute Gasteiger partial charge is 0.314 e. The number of benzene rings is 1. The molecule has 0 aromatic heterocycles. The maximum Gasteiger partial charge on any atom is 0.314 e. The zero-order valence-electron chi connectivity index (χ0n) is 12.3. The van der Waals surface area contributed by atoms with E-state index >= 15 is 0 Å². The van der Waals surface area contributed by atoms with Crippen molar-refractivity contribution in [3.8, 4) is 5.75 Å². The predicted octanol–water partition coefficient (Wildman–Crippen LogP) is 2.30. The Hall–Kier alpha value is -1.07. The molecule has 0 amide bonds. The summed E-state index contributed by atoms with van der Waals surface area (Å²) in [4.78, 5) is 14.3. The first-order valence-electron chi connectivity index (χ1n) is 6.27. The van der Waals surface area contributed by atoms with E-state index in [1.807, 2.05) is 18.2 Å². The molecular weight excluding hydrogens is 281 g/mol. The Morgan fingerprint density at radius 1 is 1.20 bits per heavy atom. The molecule has 6 nitrogen and oxygen atoms in total. The standard InChI is InChI=1S/C13H21NO2.H3O3P/c1-5-13(6-2,16-4)10-7-11(14)9-12(8-10)15-3;1-4(2)3/h7-9H,5-6,14H2,1-4H3;4H,(H2,1,2,3). The van der Waals surface area contributed by atoms with Crippen molar-refractivity contribution in [2.75, 3.05) is 20.0 Å². The fraction of sp³-hybridized carbons (Fsp3) is 0.538. The second-order valence-corrected chi connectivity index (χ2v) is 4.75. The van der Waals surface area contributed by atoms with Crippen molar-refractivity contribution in [1.82, 2.24) is 0 Å². The van der Waals surface area contributed by atoms with E-state index in [4.69, 9.17) is 29.6 Å². The lowest BCUT2D eigenvalue weighted by molar-refractivity contribution is -0.0218. The molecule has 1 aromatic rings. The van der Waals surface area contributed by atoms with Crippen molar-refractivity contribution in [1.29, 1.82) is 0 Å². The number of hydrogen-bond donors (Lipinski definition) is 3. The number of nitrogen functional groups attached to an aromatic ring is 1. The van der Waals surface area contributed by atoms with Crippen LogP contribution in [0.5, 0.6) is 5.75 Å². The molecular formula is C13H24NO5P. The summed E-state index contributed by atoms with van der Waals surface area (Å²) in [6, 6.07) is 5.76. The maximum atomic E-state index is 8.74. The molecule has 4 N–H and O–H groups in total. The molecule has 0 saturated heterocycles. The lowest BCUT2D eigenvalue weighted by atomic mass is 9.88. The molecule has 7 heteroatoms. The Morgan fingerprint density at radius 2 is 1.70 bits per heavy atom. The van der Waals surface area contributed by atoms with Crippen molar-refractivity contribution in [3.05, 3.63) is 23.8 Å². The zero-order valence-corrected chi connectivity index (χ0v) is 13.3. The number of rotatable bonds is 5. The molecule has 0 fully saturated rings. The van der Waals surface area contributed by atoms with Gasteiger partial charge in [-0.05, 0) is 30.5 Å². The molecule has 0 aliphatic rings. The Bertz CT molecular complexity index is 423. The van der Waals surface area contributed by atoms with Crippen LogP contribution in [0.4, 0.5) is 5.69 Å². The average molecular weight is 305 g/mol. The normalized spacial score (nSPS) is 10.9. The first-order chi connectivity index (χ1) is 9.34. The summed E-state index contributed by atoms with van der Waals surface area (Å²) in [6.45, 7) is 4.23. The Morgan fingerprint density at radius 3 is 2.05 bits per heavy atom. The van der Waals surface area contributed by atoms with E-state index in [1.54, 1.807) is 14.2 Å². The highest BCUT2D eigenvalue weighted by atomic mass is 31.1. The van der Waals surface area contributed by atoms with Gasteiger partial charge < -0.3 is 25.0 Å². The van der Waals surface area contributed by atoms with Gasteiger partial charge in [-0.1, -0.05) is 13.8 Å². The van der Waals surface area contributed by atoms with Crippen molar-refractivity contribution in [2.24, 2.45) is 0 Å². The topological polar surface area (TPSA) is 102 Å². The minimum Gasteiger partial charge on any atom is -0.497 e. The van der Waals surface area contributed by atoms with Crippen LogP contribution in [-0.2, 0) is 14.9 Å². The number of ether oxygens (including phenoxy) is 2. The van der Waals surface area contributed by atoms with Gasteiger partial charge in [0.2, 0.25) is 0 Å². The predicted molar refractivity (Wildman–Crippen MR) is 80.1 cm³/mol. The zero-order chi connectivity index (χ0) is 15.8. The van der Waals surface area contributed by atoms with Crippen LogP contribution in [-0.4, -0.2) is 24.0 Å². The highest BCUT2D eigenvalue weighted by Crippen LogP contribution is 2.35. The quantitative estimate of drug-likeness (QED) is 0.570. The monoisotopic (exact) mass is 305 g/mol. The van der Waals surface area contributed by atoms with Gasteiger partial charge in [-0.2, -0.15) is 0 Å². The van der Waals surface area contributed by atoms with E-state index in [1.165, 1.54) is 0 Å². The summed E-state index contributed by atoms with van der Waals surface area (Å²) in [6.07, 6.45) is 1.82. The number of methoxy groups -OCH3 is 2. The summed E-state index contributed by atoms with van der Waals surface area (Å²) in [5.74, 6) is 0.776. The molecule has 0 atom stereocenters. The molecule has 0 radical (unpaired) electrons. The van der Waals surface area contributed by atoms with Crippen molar-refractivity contribution >= 4 is 13.9 Å². The van der Waals surface area contributed by atoms with Crippen LogP contribution in [0.1, 0.15) is 32.3 Å². The highest BCUT2D eigenvalue weighted by Gasteiger charge is 2.28. The lowest BCUT2D eigenvalue weighted by Crippen LogP contribution is -2.26. The van der Waals surface area contributed by atoms with E-state index in [2.05, 4.69) is 13.8 Å². The molecule has 116 valence electrons. The summed E-state index contributed by atoms with van der Waals surface area (Å²) in [7, 11) is 0.253. The molecule has 0 unspecified atom stereocenters. The third kappa shape index (κ3) is 5.51. The van der Waals surface area contributed by atoms with Gasteiger partial charge in [0.05, 0.1) is 12.7 Å². The second kappa shape index (κ2) is 8.97. The number of anilines is 1. The maximum absolute atomic E-state index is 8.74. The summed E-state index contributed by atoms with van der Waals surface area (Å²) in [5.41, 5.74) is 7.39. The Labute approximate surface area is 120 Å². The molecule has 20 heavy (non-hydrogen) atoms. The van der Waals surface area contributed by atoms with Crippen LogP contribution in [0.3, 0.4) is 0 Å². The molecule has 0 aliphatic carbocycles. The lowest BCUT2D eigenvalue weighted by Gasteiger charge is -2.31. The first kappa shape index (κ1) is 18.9. The van der Waals surface area contributed by atoms with Gasteiger partial charge >= 0.3 is 8.25 Å². The van der Waals surface area contributed by atoms with E-state index < -0.39 is 8.25 Å². The van der Waals surface area contributed by atoms with E-state index in [0.29, 0.717) is 5.69 Å². The molecule has 1 rings (SSSR count). The van der Waals surface area contributed by atoms with Gasteiger partial charge in [-0.25, -0.2) is 0 Å². The van der Waals surface area contributed by atoms with Gasteiger partial charge in [-0.15, -0.1) is 0 Å². The van der Waals surface area contributed by atoms with Gasteiger partial charge in [-0.3, -0.25) is 4.57 Å². The number of nitrogens with two attached hydrogens (primary N) is 1. The van der Waals surface area contributed by atoms with Gasteiger partial charge in [0, 0.05) is 18.9 Å². The molecule has 0 bridgehead atoms. The van der Waals surface area contributed by atoms with E-state index in [9.17, 15) is 0 Å². The highest BCUT2D eigenvalue weighted by molar-refractivity contribution is 7.30. The summed E-state index contributed by atoms with van der Waals surface area (Å²) >= 11 is 0. The number of hydrogen-bond acceptors (Lipinski definition) is 4. The second-order valence-electron chi connectivity index (χ2n) is 4.18. The minimum absolute atomic E-state index is 0.261. The van der Waals surface area contributed by atoms with E-state index in [0.717, 1.165) is 24.2 Å². The van der Waals surface area contributed by atoms with Crippen LogP contribution in [0, 0.1) is 0 Å². The third-order valence-corrected chi connectivity index (χ3v) is 3.22. The SMILES string of the molecule is CCC(CC)(OC)c1cc(N)cc(OC)c1.O=[PH](O)O. The largest absolute Gasteiger partial charge is 0.497 e. The van der Waals surface area contributed by atoms with Crippen LogP contribution in [0.25, 0.3) is 0 Å². The Kier molecular flexibility index (Phi) is 8.49. The van der Waals surface area contributed by atoms with Crippen molar-refractivity contribution in [2.45, 2.75) is 32.3 Å². The molecule has 0 heterocycles. The first-order valence-corrected chi connectivity index (χ1v) is 7.57. The fourth-order valence-corrected chi connectivity index (χ4v) is 2.07. The van der Waals surface area contributed by atoms with Crippen LogP contribution >= 0.6 is 8.25 Å².